The maximum atomic E-state index is 14.6. The number of benzene rings is 1. The molecule has 2 aromatic rings. The molecule has 1 aromatic heterocycles. The number of amidine groups is 1. The molecule has 2 N–H and O–H groups in total. The van der Waals surface area contributed by atoms with Crippen LogP contribution in [-0.4, -0.2) is 65.4 Å². The van der Waals surface area contributed by atoms with E-state index in [9.17, 15) is 22.8 Å². The first-order chi connectivity index (χ1) is 17.6. The smallest absolute Gasteiger partial charge is 0.338 e. The van der Waals surface area contributed by atoms with Gasteiger partial charge in [0.15, 0.2) is 10.8 Å². The van der Waals surface area contributed by atoms with E-state index in [2.05, 4.69) is 31.2 Å². The lowest BCUT2D eigenvalue weighted by Crippen LogP contribution is -2.49. The molecule has 8 nitrogen and oxygen atoms in total. The minimum absolute atomic E-state index is 0.0848. The van der Waals surface area contributed by atoms with Gasteiger partial charge in [0, 0.05) is 47.3 Å². The van der Waals surface area contributed by atoms with Crippen molar-refractivity contribution in [1.82, 2.24) is 15.2 Å². The fourth-order valence-electron chi connectivity index (χ4n) is 4.40. The van der Waals surface area contributed by atoms with Crippen LogP contribution in [0.4, 0.5) is 13.2 Å². The van der Waals surface area contributed by atoms with Gasteiger partial charge in [-0.3, -0.25) is 9.89 Å². The summed E-state index contributed by atoms with van der Waals surface area (Å²) >= 11 is 4.63. The number of methoxy groups -OCH3 is 1. The van der Waals surface area contributed by atoms with Crippen molar-refractivity contribution in [3.63, 3.8) is 0 Å². The number of hydrogen-bond donors (Lipinski definition) is 2. The highest BCUT2D eigenvalue weighted by atomic mass is 79.9. The molecule has 0 spiro atoms. The number of halogens is 4. The van der Waals surface area contributed by atoms with Gasteiger partial charge >= 0.3 is 11.9 Å². The number of nitrogens with one attached hydrogen (secondary N) is 1. The zero-order valence-electron chi connectivity index (χ0n) is 19.5. The number of esters is 1. The molecule has 4 rings (SSSR count). The van der Waals surface area contributed by atoms with Crippen molar-refractivity contribution >= 4 is 45.0 Å². The summed E-state index contributed by atoms with van der Waals surface area (Å²) < 4.78 is 48.5. The second kappa shape index (κ2) is 11.2. The Morgan fingerprint density at radius 3 is 2.84 bits per heavy atom. The Morgan fingerprint density at radius 1 is 1.41 bits per heavy atom. The largest absolute Gasteiger partial charge is 0.478 e. The number of likely N-dealkylation sites (tertiary alicyclic amines) is 1. The molecule has 0 amide bonds. The van der Waals surface area contributed by atoms with Gasteiger partial charge in [-0.15, -0.1) is 11.3 Å². The van der Waals surface area contributed by atoms with Crippen molar-refractivity contribution in [2.75, 3.05) is 26.7 Å². The minimum Gasteiger partial charge on any atom is -0.478 e. The third-order valence-electron chi connectivity index (χ3n) is 5.82. The normalized spacial score (nSPS) is 22.0. The summed E-state index contributed by atoms with van der Waals surface area (Å²) in [4.78, 5) is 34.3. The van der Waals surface area contributed by atoms with Crippen molar-refractivity contribution in [3.8, 4) is 0 Å². The van der Waals surface area contributed by atoms with Crippen LogP contribution in [0.2, 0.25) is 0 Å². The Bertz CT molecular complexity index is 1280. The van der Waals surface area contributed by atoms with E-state index in [4.69, 9.17) is 9.84 Å². The van der Waals surface area contributed by atoms with E-state index in [-0.39, 0.29) is 24.4 Å². The average molecular weight is 599 g/mol. The first-order valence-electron chi connectivity index (χ1n) is 11.1. The SMILES string of the molecule is COC(=O)C1=C(CN2C[C@@H](/C=C/C(=O)O)CC(F)(F)C2)NC(c2nccs2)=N[C@H]1c1ccc(F)cc1Br. The zero-order chi connectivity index (χ0) is 26.7. The third kappa shape index (κ3) is 6.46. The Kier molecular flexibility index (Phi) is 8.14. The molecule has 3 heterocycles. The topological polar surface area (TPSA) is 104 Å². The first-order valence-corrected chi connectivity index (χ1v) is 12.8. The van der Waals surface area contributed by atoms with E-state index in [1.807, 2.05) is 0 Å². The minimum atomic E-state index is -3.07. The molecule has 2 atom stereocenters. The number of hydrogen-bond acceptors (Lipinski definition) is 8. The molecular weight excluding hydrogens is 577 g/mol. The van der Waals surface area contributed by atoms with E-state index in [0.29, 0.717) is 20.9 Å². The monoisotopic (exact) mass is 598 g/mol. The molecule has 196 valence electrons. The number of carbonyl (C=O) groups excluding carboxylic acids is 1. The predicted octanol–water partition coefficient (Wildman–Crippen LogP) is 4.16. The fraction of sp³-hybridized carbons (Fsp3) is 0.333. The summed E-state index contributed by atoms with van der Waals surface area (Å²) in [6.07, 6.45) is 3.21. The zero-order valence-corrected chi connectivity index (χ0v) is 21.9. The maximum Gasteiger partial charge on any atom is 0.338 e. The molecule has 0 unspecified atom stereocenters. The van der Waals surface area contributed by atoms with Crippen LogP contribution >= 0.6 is 27.3 Å². The lowest BCUT2D eigenvalue weighted by atomic mass is 9.92. The summed E-state index contributed by atoms with van der Waals surface area (Å²) in [5.74, 6) is -5.89. The van der Waals surface area contributed by atoms with E-state index in [0.717, 1.165) is 6.08 Å². The lowest BCUT2D eigenvalue weighted by molar-refractivity contribution is -0.136. The summed E-state index contributed by atoms with van der Waals surface area (Å²) in [7, 11) is 1.20. The number of carboxylic acids is 1. The molecule has 0 aliphatic carbocycles. The Balaban J connectivity index is 1.77. The van der Waals surface area contributed by atoms with Gasteiger partial charge in [-0.25, -0.2) is 27.7 Å². The molecule has 2 aliphatic rings. The van der Waals surface area contributed by atoms with Crippen LogP contribution in [0.25, 0.3) is 0 Å². The molecule has 0 saturated carbocycles. The van der Waals surface area contributed by atoms with Gasteiger partial charge in [0.2, 0.25) is 0 Å². The molecule has 1 fully saturated rings. The highest BCUT2D eigenvalue weighted by molar-refractivity contribution is 9.10. The fourth-order valence-corrected chi connectivity index (χ4v) is 5.55. The van der Waals surface area contributed by atoms with Gasteiger partial charge in [-0.05, 0) is 23.6 Å². The Labute approximate surface area is 222 Å². The van der Waals surface area contributed by atoms with Gasteiger partial charge < -0.3 is 15.2 Å². The molecule has 0 bridgehead atoms. The second-order valence-electron chi connectivity index (χ2n) is 8.58. The molecule has 2 aliphatic heterocycles. The number of carboxylic acid groups (broad SMARTS) is 1. The van der Waals surface area contributed by atoms with Crippen molar-refractivity contribution in [2.24, 2.45) is 10.9 Å². The Morgan fingerprint density at radius 2 is 2.19 bits per heavy atom. The van der Waals surface area contributed by atoms with Crippen LogP contribution < -0.4 is 5.32 Å². The highest BCUT2D eigenvalue weighted by Crippen LogP contribution is 2.38. The maximum absolute atomic E-state index is 14.6. The number of alkyl halides is 2. The number of thiazole rings is 1. The van der Waals surface area contributed by atoms with Crippen LogP contribution in [0, 0.1) is 11.7 Å². The van der Waals surface area contributed by atoms with Crippen LogP contribution in [-0.2, 0) is 14.3 Å². The van der Waals surface area contributed by atoms with E-state index in [1.54, 1.807) is 11.6 Å². The van der Waals surface area contributed by atoms with Crippen molar-refractivity contribution in [2.45, 2.75) is 18.4 Å². The number of aromatic nitrogens is 1. The Hall–Kier alpha value is -3.03. The molecule has 1 saturated heterocycles. The number of rotatable bonds is 7. The third-order valence-corrected chi connectivity index (χ3v) is 7.29. The van der Waals surface area contributed by atoms with E-state index in [1.165, 1.54) is 47.6 Å². The van der Waals surface area contributed by atoms with Gasteiger partial charge in [-0.2, -0.15) is 0 Å². The number of carbonyl (C=O) groups is 2. The molecule has 37 heavy (non-hydrogen) atoms. The van der Waals surface area contributed by atoms with Crippen molar-refractivity contribution in [1.29, 1.82) is 0 Å². The number of aliphatic carboxylic acids is 1. The molecule has 13 heteroatoms. The summed E-state index contributed by atoms with van der Waals surface area (Å²) in [6.45, 7) is -0.538. The van der Waals surface area contributed by atoms with Gasteiger partial charge in [-0.1, -0.05) is 28.1 Å². The summed E-state index contributed by atoms with van der Waals surface area (Å²) in [5.41, 5.74) is 0.842. The standard InChI is InChI=1S/C24H22BrF3N4O4S/c1-36-23(35)19-17(11-32-10-13(2-5-18(33)34)9-24(27,28)12-32)30-21(22-29-6-7-37-22)31-20(19)15-4-3-14(26)8-16(15)25/h2-8,13,20H,9-12H2,1H3,(H,30,31)(H,33,34)/b5-2+/t13-,20-/m0/s1. The average Bonchev–Trinajstić information content (AvgIpc) is 3.36. The number of piperidine rings is 1. The van der Waals surface area contributed by atoms with Gasteiger partial charge in [0.1, 0.15) is 11.9 Å². The second-order valence-corrected chi connectivity index (χ2v) is 10.3. The first kappa shape index (κ1) is 27.0. The van der Waals surface area contributed by atoms with Crippen LogP contribution in [0.1, 0.15) is 23.0 Å². The van der Waals surface area contributed by atoms with Crippen molar-refractivity contribution in [3.05, 3.63) is 74.1 Å². The van der Waals surface area contributed by atoms with Crippen LogP contribution in [0.3, 0.4) is 0 Å². The predicted molar refractivity (Wildman–Crippen MR) is 134 cm³/mol. The van der Waals surface area contributed by atoms with E-state index >= 15 is 0 Å². The number of nitrogens with zero attached hydrogens (tertiary/aromatic N) is 3. The summed E-state index contributed by atoms with van der Waals surface area (Å²) in [6, 6.07) is 3.03. The molecule has 1 aromatic carbocycles. The quantitative estimate of drug-likeness (QED) is 0.364. The van der Waals surface area contributed by atoms with Crippen LogP contribution in [0.5, 0.6) is 0 Å². The van der Waals surface area contributed by atoms with E-state index < -0.39 is 48.6 Å². The number of aliphatic imine (C=N–C) groups is 1. The highest BCUT2D eigenvalue weighted by Gasteiger charge is 2.41. The van der Waals surface area contributed by atoms with Crippen molar-refractivity contribution < 1.29 is 32.6 Å². The number of ether oxygens (including phenoxy) is 1. The van der Waals surface area contributed by atoms with Gasteiger partial charge in [0.05, 0.1) is 19.2 Å². The lowest BCUT2D eigenvalue weighted by Gasteiger charge is -2.38. The molecular formula is C24H22BrF3N4O4S. The van der Waals surface area contributed by atoms with Gasteiger partial charge in [0.25, 0.3) is 5.92 Å². The molecule has 0 radical (unpaired) electrons. The summed E-state index contributed by atoms with van der Waals surface area (Å²) in [5, 5.41) is 14.3. The van der Waals surface area contributed by atoms with Crippen LogP contribution in [0.15, 0.2) is 62.7 Å².